The molecule has 0 fully saturated rings. The number of hydrogen-bond acceptors (Lipinski definition) is 2. The largest absolute Gasteiger partial charge is 0.341 e. The molecule has 0 spiro atoms. The second-order valence-corrected chi connectivity index (χ2v) is 4.96. The van der Waals surface area contributed by atoms with Gasteiger partial charge >= 0.3 is 0 Å². The number of halogens is 2. The lowest BCUT2D eigenvalue weighted by atomic mass is 10.1. The van der Waals surface area contributed by atoms with E-state index in [1.807, 2.05) is 38.2 Å². The van der Waals surface area contributed by atoms with E-state index in [9.17, 15) is 4.39 Å². The molecule has 0 saturated carbocycles. The predicted molar refractivity (Wildman–Crippen MR) is 83.3 cm³/mol. The SMILES string of the molecule is CCN(c1cccc(F)c1)c1cc(Cl)ccc1CNC. The Morgan fingerprint density at radius 3 is 2.65 bits per heavy atom. The standard InChI is InChI=1S/C16H18ClFN2/c1-3-20(15-6-4-5-14(18)10-15)16-9-13(17)8-7-12(16)11-19-2/h4-10,19H,3,11H2,1-2H3. The lowest BCUT2D eigenvalue weighted by Gasteiger charge is -2.26. The highest BCUT2D eigenvalue weighted by Crippen LogP contribution is 2.31. The van der Waals surface area contributed by atoms with E-state index in [1.54, 1.807) is 6.07 Å². The molecule has 0 heterocycles. The molecule has 0 saturated heterocycles. The minimum absolute atomic E-state index is 0.238. The Balaban J connectivity index is 2.48. The molecule has 0 unspecified atom stereocenters. The van der Waals surface area contributed by atoms with Gasteiger partial charge in [-0.1, -0.05) is 23.7 Å². The first kappa shape index (κ1) is 14.8. The van der Waals surface area contributed by atoms with Crippen molar-refractivity contribution in [1.29, 1.82) is 0 Å². The average Bonchev–Trinajstić information content (AvgIpc) is 2.43. The molecule has 0 aliphatic rings. The maximum absolute atomic E-state index is 13.4. The number of benzene rings is 2. The Kier molecular flexibility index (Phi) is 4.99. The predicted octanol–water partition coefficient (Wildman–Crippen LogP) is 4.36. The fourth-order valence-corrected chi connectivity index (χ4v) is 2.43. The molecule has 0 aliphatic carbocycles. The molecule has 4 heteroatoms. The van der Waals surface area contributed by atoms with Crippen LogP contribution in [0.25, 0.3) is 0 Å². The van der Waals surface area contributed by atoms with Crippen LogP contribution in [0, 0.1) is 5.82 Å². The third-order valence-corrected chi connectivity index (χ3v) is 3.38. The van der Waals surface area contributed by atoms with Gasteiger partial charge in [0.2, 0.25) is 0 Å². The van der Waals surface area contributed by atoms with Crippen LogP contribution in [0.1, 0.15) is 12.5 Å². The second kappa shape index (κ2) is 6.73. The minimum Gasteiger partial charge on any atom is -0.341 e. The molecular formula is C16H18ClFN2. The van der Waals surface area contributed by atoms with Gasteiger partial charge in [-0.2, -0.15) is 0 Å². The van der Waals surface area contributed by atoms with Gasteiger partial charge < -0.3 is 10.2 Å². The van der Waals surface area contributed by atoms with Crippen molar-refractivity contribution in [2.24, 2.45) is 0 Å². The monoisotopic (exact) mass is 292 g/mol. The maximum atomic E-state index is 13.4. The average molecular weight is 293 g/mol. The van der Waals surface area contributed by atoms with Crippen LogP contribution in [0.4, 0.5) is 15.8 Å². The van der Waals surface area contributed by atoms with Gasteiger partial charge in [0, 0.05) is 29.5 Å². The molecule has 0 radical (unpaired) electrons. The molecule has 20 heavy (non-hydrogen) atoms. The quantitative estimate of drug-likeness (QED) is 0.881. The van der Waals surface area contributed by atoms with E-state index in [-0.39, 0.29) is 5.82 Å². The van der Waals surface area contributed by atoms with Crippen molar-refractivity contribution in [2.75, 3.05) is 18.5 Å². The Morgan fingerprint density at radius 2 is 2.00 bits per heavy atom. The Bertz CT molecular complexity index is 586. The molecule has 0 aliphatic heterocycles. The van der Waals surface area contributed by atoms with E-state index in [0.29, 0.717) is 5.02 Å². The molecular weight excluding hydrogens is 275 g/mol. The third-order valence-electron chi connectivity index (χ3n) is 3.14. The topological polar surface area (TPSA) is 15.3 Å². The summed E-state index contributed by atoms with van der Waals surface area (Å²) in [5.41, 5.74) is 2.95. The van der Waals surface area contributed by atoms with Gasteiger partial charge in [-0.05, 0) is 49.9 Å². The van der Waals surface area contributed by atoms with E-state index in [1.165, 1.54) is 12.1 Å². The van der Waals surface area contributed by atoms with Crippen LogP contribution in [0.2, 0.25) is 5.02 Å². The third kappa shape index (κ3) is 3.30. The van der Waals surface area contributed by atoms with Crippen molar-refractivity contribution < 1.29 is 4.39 Å². The minimum atomic E-state index is -0.238. The lowest BCUT2D eigenvalue weighted by Crippen LogP contribution is -2.19. The Hall–Kier alpha value is -1.58. The van der Waals surface area contributed by atoms with Crippen molar-refractivity contribution in [2.45, 2.75) is 13.5 Å². The zero-order valence-electron chi connectivity index (χ0n) is 11.7. The normalized spacial score (nSPS) is 10.6. The maximum Gasteiger partial charge on any atom is 0.125 e. The summed E-state index contributed by atoms with van der Waals surface area (Å²) < 4.78 is 13.4. The van der Waals surface area contributed by atoms with E-state index in [4.69, 9.17) is 11.6 Å². The van der Waals surface area contributed by atoms with Crippen LogP contribution >= 0.6 is 11.6 Å². The fourth-order valence-electron chi connectivity index (χ4n) is 2.26. The van der Waals surface area contributed by atoms with E-state index < -0.39 is 0 Å². The molecule has 0 amide bonds. The smallest absolute Gasteiger partial charge is 0.125 e. The number of nitrogens with zero attached hydrogens (tertiary/aromatic N) is 1. The van der Waals surface area contributed by atoms with E-state index in [0.717, 1.165) is 30.0 Å². The number of hydrogen-bond donors (Lipinski definition) is 1. The van der Waals surface area contributed by atoms with Gasteiger partial charge in [-0.3, -0.25) is 0 Å². The van der Waals surface area contributed by atoms with Crippen molar-refractivity contribution in [1.82, 2.24) is 5.32 Å². The second-order valence-electron chi connectivity index (χ2n) is 4.53. The Labute approximate surface area is 124 Å². The zero-order valence-corrected chi connectivity index (χ0v) is 12.4. The summed E-state index contributed by atoms with van der Waals surface area (Å²) in [6.07, 6.45) is 0. The molecule has 2 aromatic carbocycles. The van der Waals surface area contributed by atoms with Gasteiger partial charge in [0.05, 0.1) is 0 Å². The number of anilines is 2. The van der Waals surface area contributed by atoms with Crippen LogP contribution in [0.5, 0.6) is 0 Å². The first-order valence-corrected chi connectivity index (χ1v) is 6.99. The molecule has 1 N–H and O–H groups in total. The van der Waals surface area contributed by atoms with E-state index >= 15 is 0 Å². The molecule has 2 nitrogen and oxygen atoms in total. The fraction of sp³-hybridized carbons (Fsp3) is 0.250. The summed E-state index contributed by atoms with van der Waals surface area (Å²) in [4.78, 5) is 2.06. The molecule has 2 rings (SSSR count). The van der Waals surface area contributed by atoms with Crippen LogP contribution in [-0.2, 0) is 6.54 Å². The van der Waals surface area contributed by atoms with Crippen LogP contribution in [0.15, 0.2) is 42.5 Å². The first-order valence-electron chi connectivity index (χ1n) is 6.62. The summed E-state index contributed by atoms with van der Waals surface area (Å²) >= 11 is 6.12. The summed E-state index contributed by atoms with van der Waals surface area (Å²) in [5.74, 6) is -0.238. The van der Waals surface area contributed by atoms with Gasteiger partial charge in [-0.15, -0.1) is 0 Å². The van der Waals surface area contributed by atoms with Crippen molar-refractivity contribution >= 4 is 23.0 Å². The van der Waals surface area contributed by atoms with Crippen molar-refractivity contribution in [3.05, 3.63) is 58.9 Å². The first-order chi connectivity index (χ1) is 9.65. The number of nitrogens with one attached hydrogen (secondary N) is 1. The highest BCUT2D eigenvalue weighted by Gasteiger charge is 2.12. The highest BCUT2D eigenvalue weighted by atomic mass is 35.5. The van der Waals surface area contributed by atoms with Gasteiger partial charge in [0.15, 0.2) is 0 Å². The van der Waals surface area contributed by atoms with Crippen molar-refractivity contribution in [3.63, 3.8) is 0 Å². The van der Waals surface area contributed by atoms with Crippen LogP contribution in [-0.4, -0.2) is 13.6 Å². The Morgan fingerprint density at radius 1 is 1.20 bits per heavy atom. The molecule has 0 atom stereocenters. The van der Waals surface area contributed by atoms with Gasteiger partial charge in [0.25, 0.3) is 0 Å². The van der Waals surface area contributed by atoms with Gasteiger partial charge in [0.1, 0.15) is 5.82 Å². The highest BCUT2D eigenvalue weighted by molar-refractivity contribution is 6.30. The van der Waals surface area contributed by atoms with Crippen LogP contribution in [0.3, 0.4) is 0 Å². The van der Waals surface area contributed by atoms with Gasteiger partial charge in [-0.25, -0.2) is 4.39 Å². The van der Waals surface area contributed by atoms with Crippen LogP contribution < -0.4 is 10.2 Å². The zero-order chi connectivity index (χ0) is 14.5. The number of rotatable bonds is 5. The van der Waals surface area contributed by atoms with Crippen molar-refractivity contribution in [3.8, 4) is 0 Å². The lowest BCUT2D eigenvalue weighted by molar-refractivity contribution is 0.627. The van der Waals surface area contributed by atoms with E-state index in [2.05, 4.69) is 10.2 Å². The summed E-state index contributed by atoms with van der Waals surface area (Å²) in [6.45, 7) is 3.51. The molecule has 106 valence electrons. The summed E-state index contributed by atoms with van der Waals surface area (Å²) in [5, 5.41) is 3.82. The molecule has 2 aromatic rings. The molecule has 0 aromatic heterocycles. The molecule has 0 bridgehead atoms. The summed E-state index contributed by atoms with van der Waals surface area (Å²) in [7, 11) is 1.90. The summed E-state index contributed by atoms with van der Waals surface area (Å²) in [6, 6.07) is 12.4.